The topological polar surface area (TPSA) is 66.9 Å². The van der Waals surface area contributed by atoms with E-state index in [-0.39, 0.29) is 11.7 Å². The highest BCUT2D eigenvalue weighted by atomic mass is 35.5. The molecule has 0 aliphatic carbocycles. The number of benzene rings is 1. The third-order valence-electron chi connectivity index (χ3n) is 4.63. The molecule has 1 heterocycles. The van der Waals surface area contributed by atoms with E-state index >= 15 is 0 Å². The minimum atomic E-state index is -3.40. The molecular weight excluding hydrogens is 376 g/mol. The highest BCUT2D eigenvalue weighted by Gasteiger charge is 2.39. The zero-order valence-corrected chi connectivity index (χ0v) is 17.1. The molecule has 1 aliphatic heterocycles. The SMILES string of the molecule is CCCCS(=O)(=O)N1CCCC1C(=O)N(C)Cc1cc(Cl)ccc1OC. The molecule has 1 amide bonds. The van der Waals surface area contributed by atoms with Crippen LogP contribution in [-0.4, -0.2) is 56.0 Å². The van der Waals surface area contributed by atoms with Crippen LogP contribution in [0.25, 0.3) is 0 Å². The summed E-state index contributed by atoms with van der Waals surface area (Å²) < 4.78 is 31.8. The first-order valence-corrected chi connectivity index (χ1v) is 10.9. The Morgan fingerprint density at radius 2 is 2.15 bits per heavy atom. The van der Waals surface area contributed by atoms with E-state index in [0.29, 0.717) is 43.1 Å². The number of carbonyl (C=O) groups is 1. The smallest absolute Gasteiger partial charge is 0.241 e. The summed E-state index contributed by atoms with van der Waals surface area (Å²) in [4.78, 5) is 14.5. The van der Waals surface area contributed by atoms with Gasteiger partial charge in [-0.1, -0.05) is 24.9 Å². The van der Waals surface area contributed by atoms with Crippen molar-refractivity contribution in [2.45, 2.75) is 45.2 Å². The van der Waals surface area contributed by atoms with Gasteiger partial charge in [-0.15, -0.1) is 0 Å². The van der Waals surface area contributed by atoms with E-state index < -0.39 is 16.1 Å². The number of sulfonamides is 1. The van der Waals surface area contributed by atoms with Gasteiger partial charge in [-0.3, -0.25) is 4.79 Å². The number of rotatable bonds is 8. The summed E-state index contributed by atoms with van der Waals surface area (Å²) in [5, 5.41) is 0.561. The average molecular weight is 403 g/mol. The minimum Gasteiger partial charge on any atom is -0.496 e. The van der Waals surface area contributed by atoms with Crippen molar-refractivity contribution in [3.63, 3.8) is 0 Å². The fourth-order valence-corrected chi connectivity index (χ4v) is 5.30. The van der Waals surface area contributed by atoms with E-state index in [1.165, 1.54) is 4.31 Å². The standard InChI is InChI=1S/C18H27ClN2O4S/c1-4-5-11-26(23,24)21-10-6-7-16(21)18(22)20(2)13-14-12-15(19)8-9-17(14)25-3/h8-9,12,16H,4-7,10-11,13H2,1-3H3. The van der Waals surface area contributed by atoms with Gasteiger partial charge in [0, 0.05) is 30.7 Å². The van der Waals surface area contributed by atoms with Crippen LogP contribution in [0.4, 0.5) is 0 Å². The molecule has 0 aromatic heterocycles. The van der Waals surface area contributed by atoms with Crippen LogP contribution >= 0.6 is 11.6 Å². The third-order valence-corrected chi connectivity index (χ3v) is 6.82. The Kier molecular flexibility index (Phi) is 7.32. The van der Waals surface area contributed by atoms with Gasteiger partial charge in [0.15, 0.2) is 0 Å². The van der Waals surface area contributed by atoms with Gasteiger partial charge in [-0.25, -0.2) is 8.42 Å². The van der Waals surface area contributed by atoms with Gasteiger partial charge < -0.3 is 9.64 Å². The fraction of sp³-hybridized carbons (Fsp3) is 0.611. The van der Waals surface area contributed by atoms with Crippen LogP contribution in [0.1, 0.15) is 38.2 Å². The molecule has 1 saturated heterocycles. The Morgan fingerprint density at radius 1 is 1.42 bits per heavy atom. The first kappa shape index (κ1) is 21.0. The van der Waals surface area contributed by atoms with Crippen molar-refractivity contribution in [1.82, 2.24) is 9.21 Å². The van der Waals surface area contributed by atoms with Crippen molar-refractivity contribution >= 4 is 27.5 Å². The molecule has 26 heavy (non-hydrogen) atoms. The molecule has 8 heteroatoms. The van der Waals surface area contributed by atoms with Crippen LogP contribution in [-0.2, 0) is 21.4 Å². The largest absolute Gasteiger partial charge is 0.496 e. The van der Waals surface area contributed by atoms with Gasteiger partial charge in [-0.05, 0) is 37.5 Å². The number of ether oxygens (including phenoxy) is 1. The lowest BCUT2D eigenvalue weighted by Crippen LogP contribution is -2.47. The molecule has 1 fully saturated rings. The summed E-state index contributed by atoms with van der Waals surface area (Å²) >= 11 is 6.05. The first-order valence-electron chi connectivity index (χ1n) is 8.87. The summed E-state index contributed by atoms with van der Waals surface area (Å²) in [6, 6.07) is 4.62. The van der Waals surface area contributed by atoms with Crippen molar-refractivity contribution in [1.29, 1.82) is 0 Å². The molecule has 0 N–H and O–H groups in total. The highest BCUT2D eigenvalue weighted by molar-refractivity contribution is 7.89. The number of halogens is 1. The second kappa shape index (κ2) is 9.06. The van der Waals surface area contributed by atoms with Crippen LogP contribution in [0.5, 0.6) is 5.75 Å². The summed E-state index contributed by atoms with van der Waals surface area (Å²) in [7, 11) is -0.161. The molecule has 1 aromatic rings. The molecule has 2 rings (SSSR count). The number of methoxy groups -OCH3 is 1. The van der Waals surface area contributed by atoms with Crippen molar-refractivity contribution in [3.8, 4) is 5.75 Å². The molecule has 1 aliphatic rings. The van der Waals surface area contributed by atoms with E-state index in [9.17, 15) is 13.2 Å². The number of hydrogen-bond acceptors (Lipinski definition) is 4. The van der Waals surface area contributed by atoms with Gasteiger partial charge in [0.25, 0.3) is 0 Å². The van der Waals surface area contributed by atoms with Gasteiger partial charge in [0.1, 0.15) is 11.8 Å². The molecule has 0 spiro atoms. The molecule has 1 aromatic carbocycles. The summed E-state index contributed by atoms with van der Waals surface area (Å²) in [6.07, 6.45) is 2.67. The van der Waals surface area contributed by atoms with E-state index in [1.807, 2.05) is 6.92 Å². The Balaban J connectivity index is 2.13. The van der Waals surface area contributed by atoms with Gasteiger partial charge in [0.05, 0.1) is 12.9 Å². The Morgan fingerprint density at radius 3 is 2.81 bits per heavy atom. The van der Waals surface area contributed by atoms with Crippen LogP contribution in [0.2, 0.25) is 5.02 Å². The number of unbranched alkanes of at least 4 members (excludes halogenated alkanes) is 1. The predicted molar refractivity (Wildman–Crippen MR) is 103 cm³/mol. The lowest BCUT2D eigenvalue weighted by atomic mass is 10.1. The maximum Gasteiger partial charge on any atom is 0.241 e. The quantitative estimate of drug-likeness (QED) is 0.670. The summed E-state index contributed by atoms with van der Waals surface area (Å²) in [5.41, 5.74) is 0.786. The van der Waals surface area contributed by atoms with Gasteiger partial charge in [-0.2, -0.15) is 4.31 Å². The number of likely N-dealkylation sites (N-methyl/N-ethyl adjacent to an activating group) is 1. The number of hydrogen-bond donors (Lipinski definition) is 0. The van der Waals surface area contributed by atoms with Crippen molar-refractivity contribution in [2.24, 2.45) is 0 Å². The number of carbonyl (C=O) groups excluding carboxylic acids is 1. The van der Waals surface area contributed by atoms with Crippen molar-refractivity contribution in [2.75, 3.05) is 26.5 Å². The Labute approximate surface area is 161 Å². The molecule has 0 radical (unpaired) electrons. The molecular formula is C18H27ClN2O4S. The van der Waals surface area contributed by atoms with Crippen molar-refractivity contribution in [3.05, 3.63) is 28.8 Å². The lowest BCUT2D eigenvalue weighted by Gasteiger charge is -2.28. The second-order valence-electron chi connectivity index (χ2n) is 6.59. The van der Waals surface area contributed by atoms with E-state index in [2.05, 4.69) is 0 Å². The molecule has 1 unspecified atom stereocenters. The minimum absolute atomic E-state index is 0.0963. The number of amides is 1. The Bertz CT molecular complexity index is 739. The van der Waals surface area contributed by atoms with Crippen LogP contribution in [0.3, 0.4) is 0 Å². The zero-order valence-electron chi connectivity index (χ0n) is 15.6. The van der Waals surface area contributed by atoms with E-state index in [4.69, 9.17) is 16.3 Å². The van der Waals surface area contributed by atoms with Crippen molar-refractivity contribution < 1.29 is 17.9 Å². The lowest BCUT2D eigenvalue weighted by molar-refractivity contribution is -0.133. The van der Waals surface area contributed by atoms with Gasteiger partial charge in [0.2, 0.25) is 15.9 Å². The molecule has 6 nitrogen and oxygen atoms in total. The molecule has 1 atom stereocenters. The average Bonchev–Trinajstić information content (AvgIpc) is 3.10. The zero-order chi connectivity index (χ0) is 19.3. The van der Waals surface area contributed by atoms with Crippen LogP contribution in [0, 0.1) is 0 Å². The van der Waals surface area contributed by atoms with Gasteiger partial charge >= 0.3 is 0 Å². The summed E-state index contributed by atoms with van der Waals surface area (Å²) in [5.74, 6) is 0.552. The second-order valence-corrected chi connectivity index (χ2v) is 9.07. The van der Waals surface area contributed by atoms with E-state index in [0.717, 1.165) is 12.0 Å². The first-order chi connectivity index (χ1) is 12.3. The monoisotopic (exact) mass is 402 g/mol. The van der Waals surface area contributed by atoms with E-state index in [1.54, 1.807) is 37.3 Å². The van der Waals surface area contributed by atoms with Crippen LogP contribution < -0.4 is 4.74 Å². The molecule has 0 bridgehead atoms. The molecule has 146 valence electrons. The normalized spacial score (nSPS) is 18.1. The fourth-order valence-electron chi connectivity index (χ4n) is 3.22. The Hall–Kier alpha value is -1.31. The highest BCUT2D eigenvalue weighted by Crippen LogP contribution is 2.27. The number of nitrogens with zero attached hydrogens (tertiary/aromatic N) is 2. The third kappa shape index (κ3) is 4.90. The molecule has 0 saturated carbocycles. The summed E-state index contributed by atoms with van der Waals surface area (Å²) in [6.45, 7) is 2.67. The predicted octanol–water partition coefficient (Wildman–Crippen LogP) is 2.90. The maximum absolute atomic E-state index is 12.9. The maximum atomic E-state index is 12.9. The van der Waals surface area contributed by atoms with Crippen LogP contribution in [0.15, 0.2) is 18.2 Å².